The van der Waals surface area contributed by atoms with Crippen LogP contribution in [0.2, 0.25) is 0 Å². The van der Waals surface area contributed by atoms with Gasteiger partial charge >= 0.3 is 0 Å². The summed E-state index contributed by atoms with van der Waals surface area (Å²) in [6, 6.07) is 22.5. The van der Waals surface area contributed by atoms with Crippen LogP contribution in [-0.4, -0.2) is 30.6 Å². The van der Waals surface area contributed by atoms with Gasteiger partial charge in [-0.3, -0.25) is 15.0 Å². The Morgan fingerprint density at radius 2 is 1.32 bits per heavy atom. The van der Waals surface area contributed by atoms with Crippen molar-refractivity contribution in [2.24, 2.45) is 9.98 Å². The highest BCUT2D eigenvalue weighted by Gasteiger charge is 2.02. The average Bonchev–Trinajstić information content (AvgIpc) is 2.91. The van der Waals surface area contributed by atoms with Gasteiger partial charge in [-0.15, -0.1) is 0 Å². The third-order valence-corrected chi connectivity index (χ3v) is 5.77. The van der Waals surface area contributed by atoms with E-state index >= 15 is 0 Å². The van der Waals surface area contributed by atoms with Crippen LogP contribution in [0.15, 0.2) is 113 Å². The minimum absolute atomic E-state index is 0.449. The first-order valence-electron chi connectivity index (χ1n) is 12.4. The maximum absolute atomic E-state index is 5.91. The number of ether oxygens (including phenoxy) is 2. The zero-order chi connectivity index (χ0) is 25.7. The van der Waals surface area contributed by atoms with Gasteiger partial charge in [0.15, 0.2) is 0 Å². The van der Waals surface area contributed by atoms with Crippen LogP contribution in [0.25, 0.3) is 0 Å². The van der Waals surface area contributed by atoms with Crippen molar-refractivity contribution in [3.8, 4) is 0 Å². The van der Waals surface area contributed by atoms with Crippen molar-refractivity contribution in [3.05, 3.63) is 136 Å². The van der Waals surface area contributed by atoms with Gasteiger partial charge in [-0.1, -0.05) is 73.3 Å². The molecule has 188 valence electrons. The molecule has 0 amide bonds. The zero-order valence-corrected chi connectivity index (χ0v) is 21.3. The SMILES string of the molecule is C=C/C1=C\C=C(/C)COCc2cccc(n2)COCc2ccc(cc2)CN=Cc2cccc(c2)C=NC1. The number of nitrogens with zero attached hydrogens (tertiary/aromatic N) is 3. The molecule has 0 saturated heterocycles. The number of hydrogen-bond acceptors (Lipinski definition) is 5. The fourth-order valence-electron chi connectivity index (χ4n) is 3.74. The summed E-state index contributed by atoms with van der Waals surface area (Å²) >= 11 is 0. The van der Waals surface area contributed by atoms with Crippen LogP contribution >= 0.6 is 0 Å². The first-order chi connectivity index (χ1) is 18.2. The maximum Gasteiger partial charge on any atom is 0.0892 e. The molecule has 6 bridgehead atoms. The van der Waals surface area contributed by atoms with E-state index in [1.165, 1.54) is 0 Å². The summed E-state index contributed by atoms with van der Waals surface area (Å²) in [6.07, 6.45) is 9.73. The van der Waals surface area contributed by atoms with Crippen molar-refractivity contribution in [2.75, 3.05) is 13.2 Å². The molecule has 0 saturated carbocycles. The number of rotatable bonds is 1. The summed E-state index contributed by atoms with van der Waals surface area (Å²) in [5.41, 5.74) is 8.29. The monoisotopic (exact) mass is 491 g/mol. The normalized spacial score (nSPS) is 18.4. The molecule has 0 aliphatic carbocycles. The third-order valence-electron chi connectivity index (χ3n) is 5.77. The first kappa shape index (κ1) is 26.1. The molecule has 5 rings (SSSR count). The van der Waals surface area contributed by atoms with E-state index in [1.807, 2.05) is 67.9 Å². The summed E-state index contributed by atoms with van der Waals surface area (Å²) in [6.45, 7) is 9.12. The van der Waals surface area contributed by atoms with Crippen LogP contribution in [-0.2, 0) is 35.8 Å². The predicted molar refractivity (Wildman–Crippen MR) is 151 cm³/mol. The molecule has 37 heavy (non-hydrogen) atoms. The second-order valence-corrected chi connectivity index (χ2v) is 8.99. The molecule has 0 unspecified atom stereocenters. The van der Waals surface area contributed by atoms with Crippen LogP contribution < -0.4 is 0 Å². The van der Waals surface area contributed by atoms with Gasteiger partial charge in [0.25, 0.3) is 0 Å². The largest absolute Gasteiger partial charge is 0.371 e. The Kier molecular flexibility index (Phi) is 9.87. The highest BCUT2D eigenvalue weighted by Crippen LogP contribution is 2.11. The fourth-order valence-corrected chi connectivity index (χ4v) is 3.74. The molecule has 2 aliphatic heterocycles. The Bertz CT molecular complexity index is 1300. The zero-order valence-electron chi connectivity index (χ0n) is 21.3. The minimum Gasteiger partial charge on any atom is -0.371 e. The van der Waals surface area contributed by atoms with Crippen LogP contribution in [0.4, 0.5) is 0 Å². The molecular weight excluding hydrogens is 458 g/mol. The summed E-state index contributed by atoms with van der Waals surface area (Å²) in [5, 5.41) is 0. The van der Waals surface area contributed by atoms with Crippen molar-refractivity contribution >= 4 is 12.4 Å². The van der Waals surface area contributed by atoms with Gasteiger partial charge in [-0.2, -0.15) is 0 Å². The number of pyridine rings is 1. The molecule has 0 fully saturated rings. The maximum atomic E-state index is 5.91. The number of allylic oxidation sites excluding steroid dienone is 2. The van der Waals surface area contributed by atoms with E-state index in [2.05, 4.69) is 58.0 Å². The molecule has 5 heteroatoms. The number of fused-ring (bicyclic) bond motifs is 11. The number of aliphatic imine (C=N–C) groups is 2. The number of benzene rings is 2. The lowest BCUT2D eigenvalue weighted by Crippen LogP contribution is -2.02. The van der Waals surface area contributed by atoms with Crippen LogP contribution in [0, 0.1) is 0 Å². The van der Waals surface area contributed by atoms with Crippen molar-refractivity contribution in [1.82, 2.24) is 4.98 Å². The molecule has 3 heterocycles. The fraction of sp³-hybridized carbons (Fsp3) is 0.219. The predicted octanol–water partition coefficient (Wildman–Crippen LogP) is 6.43. The summed E-state index contributed by atoms with van der Waals surface area (Å²) in [7, 11) is 0. The summed E-state index contributed by atoms with van der Waals surface area (Å²) in [4.78, 5) is 13.9. The molecule has 0 N–H and O–H groups in total. The molecular formula is C32H33N3O2. The van der Waals surface area contributed by atoms with E-state index < -0.39 is 0 Å². The van der Waals surface area contributed by atoms with Crippen LogP contribution in [0.1, 0.15) is 40.6 Å². The van der Waals surface area contributed by atoms with E-state index in [1.54, 1.807) is 0 Å². The Balaban J connectivity index is 1.51. The van der Waals surface area contributed by atoms with Gasteiger partial charge in [0.05, 0.1) is 50.9 Å². The second kappa shape index (κ2) is 14.0. The molecule has 0 atom stereocenters. The van der Waals surface area contributed by atoms with Crippen LogP contribution in [0.3, 0.4) is 0 Å². The van der Waals surface area contributed by atoms with Crippen molar-refractivity contribution < 1.29 is 9.47 Å². The van der Waals surface area contributed by atoms with E-state index in [4.69, 9.17) is 9.47 Å². The first-order valence-corrected chi connectivity index (χ1v) is 12.4. The standard InChI is InChI=1S/C32H33N3O2/c1-3-26-11-10-25(2)21-36-23-31-8-5-9-32(35-31)24-37-22-28-14-12-27(13-15-28)18-34-20-30-7-4-6-29(16-30)19-33-17-26/h3-16,19-20H,1,17-18,21-24H2,2H3/b25-10+,26-11+,33-19?,34-20?. The molecule has 1 aromatic heterocycles. The molecule has 3 aromatic rings. The van der Waals surface area contributed by atoms with Gasteiger partial charge < -0.3 is 9.47 Å². The Morgan fingerprint density at radius 3 is 2.03 bits per heavy atom. The second-order valence-electron chi connectivity index (χ2n) is 8.99. The van der Waals surface area contributed by atoms with Gasteiger partial charge in [-0.05, 0) is 58.5 Å². The Hall–Kier alpha value is -3.93. The summed E-state index contributed by atoms with van der Waals surface area (Å²) in [5.74, 6) is 0. The van der Waals surface area contributed by atoms with E-state index in [9.17, 15) is 0 Å². The van der Waals surface area contributed by atoms with Gasteiger partial charge in [0, 0.05) is 12.4 Å². The lowest BCUT2D eigenvalue weighted by atomic mass is 10.1. The summed E-state index contributed by atoms with van der Waals surface area (Å²) < 4.78 is 11.8. The highest BCUT2D eigenvalue weighted by molar-refractivity contribution is 5.86. The van der Waals surface area contributed by atoms with E-state index in [0.717, 1.165) is 44.8 Å². The Morgan fingerprint density at radius 1 is 0.703 bits per heavy atom. The van der Waals surface area contributed by atoms with E-state index in [-0.39, 0.29) is 0 Å². The van der Waals surface area contributed by atoms with Crippen molar-refractivity contribution in [3.63, 3.8) is 0 Å². The van der Waals surface area contributed by atoms with Gasteiger partial charge in [-0.25, -0.2) is 0 Å². The molecule has 0 spiro atoms. The topological polar surface area (TPSA) is 56.1 Å². The lowest BCUT2D eigenvalue weighted by Gasteiger charge is -2.08. The lowest BCUT2D eigenvalue weighted by molar-refractivity contribution is 0.103. The van der Waals surface area contributed by atoms with Gasteiger partial charge in [0.1, 0.15) is 0 Å². The smallest absolute Gasteiger partial charge is 0.0892 e. The van der Waals surface area contributed by atoms with Gasteiger partial charge in [0.2, 0.25) is 0 Å². The number of hydrogen-bond donors (Lipinski definition) is 0. The molecule has 5 nitrogen and oxygen atoms in total. The number of aromatic nitrogens is 1. The highest BCUT2D eigenvalue weighted by atomic mass is 16.5. The van der Waals surface area contributed by atoms with Crippen molar-refractivity contribution in [1.29, 1.82) is 0 Å². The molecule has 2 aliphatic rings. The molecule has 2 aromatic carbocycles. The quantitative estimate of drug-likeness (QED) is 0.394. The average molecular weight is 492 g/mol. The Labute approximate surface area is 219 Å². The van der Waals surface area contributed by atoms with E-state index in [0.29, 0.717) is 39.5 Å². The van der Waals surface area contributed by atoms with Crippen LogP contribution in [0.5, 0.6) is 0 Å². The third kappa shape index (κ3) is 8.90. The molecule has 0 radical (unpaired) electrons. The minimum atomic E-state index is 0.449. The van der Waals surface area contributed by atoms with Crippen molar-refractivity contribution in [2.45, 2.75) is 33.3 Å².